The molecule has 1 aromatic rings. The average Bonchev–Trinajstić information content (AvgIpc) is 3.00. The van der Waals surface area contributed by atoms with E-state index in [4.69, 9.17) is 9.31 Å². The summed E-state index contributed by atoms with van der Waals surface area (Å²) in [5.41, 5.74) is 1.06. The van der Waals surface area contributed by atoms with Gasteiger partial charge in [-0.25, -0.2) is 8.42 Å². The zero-order valence-electron chi connectivity index (χ0n) is 15.7. The zero-order valence-corrected chi connectivity index (χ0v) is 16.5. The molecule has 0 aromatic heterocycles. The van der Waals surface area contributed by atoms with Crippen molar-refractivity contribution < 1.29 is 22.8 Å². The molecule has 0 atom stereocenters. The van der Waals surface area contributed by atoms with Crippen LogP contribution < -0.4 is 4.31 Å². The molecule has 26 heavy (non-hydrogen) atoms. The molecule has 0 saturated carbocycles. The van der Waals surface area contributed by atoms with Crippen molar-refractivity contribution in [2.75, 3.05) is 23.2 Å². The maximum atomic E-state index is 12.1. The van der Waals surface area contributed by atoms with Gasteiger partial charge in [-0.15, -0.1) is 0 Å². The van der Waals surface area contributed by atoms with Gasteiger partial charge >= 0.3 is 7.12 Å². The number of sulfonamides is 1. The zero-order chi connectivity index (χ0) is 19.2. The lowest BCUT2D eigenvalue weighted by molar-refractivity contribution is 0.00578. The summed E-state index contributed by atoms with van der Waals surface area (Å²) in [6.45, 7) is 8.13. The Bertz CT molecular complexity index is 803. The van der Waals surface area contributed by atoms with E-state index in [1.165, 1.54) is 4.31 Å². The number of aliphatic hydroxyl groups excluding tert-OH is 1. The maximum Gasteiger partial charge on any atom is 0.492 e. The Balaban J connectivity index is 1.88. The Kier molecular flexibility index (Phi) is 4.98. The average molecular weight is 379 g/mol. The van der Waals surface area contributed by atoms with E-state index in [0.717, 1.165) is 5.56 Å². The quantitative estimate of drug-likeness (QED) is 0.812. The van der Waals surface area contributed by atoms with Gasteiger partial charge in [-0.2, -0.15) is 0 Å². The van der Waals surface area contributed by atoms with E-state index in [9.17, 15) is 13.5 Å². The third-order valence-electron chi connectivity index (χ3n) is 5.35. The Hall–Kier alpha value is -1.35. The minimum atomic E-state index is -3.22. The molecule has 1 N–H and O–H groups in total. The van der Waals surface area contributed by atoms with Crippen LogP contribution in [-0.2, 0) is 19.3 Å². The lowest BCUT2D eigenvalue weighted by Gasteiger charge is -2.32. The minimum Gasteiger partial charge on any atom is -0.400 e. The minimum absolute atomic E-state index is 0.183. The lowest BCUT2D eigenvalue weighted by atomic mass is 9.77. The molecule has 2 aliphatic rings. The first-order chi connectivity index (χ1) is 12.1. The lowest BCUT2D eigenvalue weighted by Crippen LogP contribution is -2.41. The number of rotatable bonds is 4. The number of nitrogens with zero attached hydrogens (tertiary/aromatic N) is 1. The predicted octanol–water partition coefficient (Wildman–Crippen LogP) is 2.23. The van der Waals surface area contributed by atoms with E-state index >= 15 is 0 Å². The van der Waals surface area contributed by atoms with E-state index in [1.807, 2.05) is 45.9 Å². The van der Waals surface area contributed by atoms with E-state index in [0.29, 0.717) is 24.1 Å². The molecule has 1 aromatic carbocycles. The highest BCUT2D eigenvalue weighted by Gasteiger charge is 2.52. The summed E-state index contributed by atoms with van der Waals surface area (Å²) in [4.78, 5) is 0. The number of hydrogen-bond donors (Lipinski definition) is 1. The molecule has 142 valence electrons. The van der Waals surface area contributed by atoms with Gasteiger partial charge in [0, 0.05) is 6.54 Å². The topological polar surface area (TPSA) is 76.1 Å². The molecular formula is C18H26BNO5S. The Morgan fingerprint density at radius 3 is 2.46 bits per heavy atom. The van der Waals surface area contributed by atoms with Crippen molar-refractivity contribution in [1.29, 1.82) is 0 Å². The highest BCUT2D eigenvalue weighted by molar-refractivity contribution is 7.93. The van der Waals surface area contributed by atoms with Crippen molar-refractivity contribution >= 4 is 28.9 Å². The summed E-state index contributed by atoms with van der Waals surface area (Å²) in [7, 11) is -3.86. The van der Waals surface area contributed by atoms with Crippen LogP contribution in [0.5, 0.6) is 0 Å². The fraction of sp³-hybridized carbons (Fsp3) is 0.556. The van der Waals surface area contributed by atoms with Gasteiger partial charge in [0.1, 0.15) is 0 Å². The summed E-state index contributed by atoms with van der Waals surface area (Å²) in [6, 6.07) is 7.28. The molecule has 8 heteroatoms. The Labute approximate surface area is 156 Å². The molecule has 2 saturated heterocycles. The van der Waals surface area contributed by atoms with Gasteiger partial charge in [0.2, 0.25) is 10.0 Å². The van der Waals surface area contributed by atoms with Crippen LogP contribution in [0.25, 0.3) is 6.08 Å². The van der Waals surface area contributed by atoms with Crippen LogP contribution in [0.15, 0.2) is 29.7 Å². The van der Waals surface area contributed by atoms with Crippen LogP contribution in [0.4, 0.5) is 5.69 Å². The molecule has 0 aliphatic carbocycles. The van der Waals surface area contributed by atoms with Gasteiger partial charge < -0.3 is 14.4 Å². The molecular weight excluding hydrogens is 353 g/mol. The Morgan fingerprint density at radius 1 is 1.27 bits per heavy atom. The van der Waals surface area contributed by atoms with Crippen molar-refractivity contribution in [3.63, 3.8) is 0 Å². The SMILES string of the molecule is CC1(C)OB(C(=Cc2cccc(N3CCCS3(=O)=O)c2)CO)OC1(C)C. The van der Waals surface area contributed by atoms with Gasteiger partial charge in [-0.1, -0.05) is 18.2 Å². The molecule has 0 spiro atoms. The maximum absolute atomic E-state index is 12.1. The van der Waals surface area contributed by atoms with E-state index in [2.05, 4.69) is 0 Å². The third kappa shape index (κ3) is 3.56. The highest BCUT2D eigenvalue weighted by Crippen LogP contribution is 2.38. The van der Waals surface area contributed by atoms with E-state index < -0.39 is 28.3 Å². The predicted molar refractivity (Wildman–Crippen MR) is 103 cm³/mol. The van der Waals surface area contributed by atoms with Crippen LogP contribution in [0.3, 0.4) is 0 Å². The van der Waals surface area contributed by atoms with Gasteiger partial charge in [0.05, 0.1) is 29.2 Å². The number of hydrogen-bond acceptors (Lipinski definition) is 5. The second-order valence-electron chi connectivity index (χ2n) is 7.80. The summed E-state index contributed by atoms with van der Waals surface area (Å²) >= 11 is 0. The molecule has 6 nitrogen and oxygen atoms in total. The number of benzene rings is 1. The molecule has 2 aliphatic heterocycles. The first-order valence-electron chi connectivity index (χ1n) is 8.83. The number of aliphatic hydroxyl groups is 1. The third-order valence-corrected chi connectivity index (χ3v) is 7.22. The fourth-order valence-electron chi connectivity index (χ4n) is 3.10. The molecule has 2 heterocycles. The van der Waals surface area contributed by atoms with Crippen molar-refractivity contribution in [3.8, 4) is 0 Å². The standard InChI is InChI=1S/C18H26BNO5S/c1-17(2)18(3,4)25-19(24-17)15(13-21)11-14-7-5-8-16(12-14)20-9-6-10-26(20,22)23/h5,7-8,11-12,21H,6,9-10,13H2,1-4H3. The van der Waals surface area contributed by atoms with Crippen LogP contribution >= 0.6 is 0 Å². The first kappa shape index (κ1) is 19.4. The van der Waals surface area contributed by atoms with Crippen molar-refractivity contribution in [2.45, 2.75) is 45.3 Å². The van der Waals surface area contributed by atoms with Crippen LogP contribution in [0.2, 0.25) is 0 Å². The van der Waals surface area contributed by atoms with Crippen molar-refractivity contribution in [2.24, 2.45) is 0 Å². The summed E-state index contributed by atoms with van der Waals surface area (Å²) in [6.07, 6.45) is 2.44. The highest BCUT2D eigenvalue weighted by atomic mass is 32.2. The van der Waals surface area contributed by atoms with Gasteiger partial charge in [0.25, 0.3) is 0 Å². The largest absolute Gasteiger partial charge is 0.492 e. The van der Waals surface area contributed by atoms with Gasteiger partial charge in [0.15, 0.2) is 0 Å². The van der Waals surface area contributed by atoms with E-state index in [-0.39, 0.29) is 12.4 Å². The normalized spacial score (nSPS) is 24.3. The number of anilines is 1. The van der Waals surface area contributed by atoms with E-state index in [1.54, 1.807) is 12.1 Å². The molecule has 0 amide bonds. The molecule has 0 bridgehead atoms. The van der Waals surface area contributed by atoms with Crippen LogP contribution in [-0.4, -0.2) is 50.7 Å². The Morgan fingerprint density at radius 2 is 1.92 bits per heavy atom. The molecule has 2 fully saturated rings. The summed E-state index contributed by atoms with van der Waals surface area (Å²) < 4.78 is 37.7. The molecule has 3 rings (SSSR count). The van der Waals surface area contributed by atoms with Crippen molar-refractivity contribution in [1.82, 2.24) is 0 Å². The summed E-state index contributed by atoms with van der Waals surface area (Å²) in [5.74, 6) is 0.183. The fourth-order valence-corrected chi connectivity index (χ4v) is 4.65. The van der Waals surface area contributed by atoms with Crippen molar-refractivity contribution in [3.05, 3.63) is 35.3 Å². The second kappa shape index (κ2) is 6.67. The summed E-state index contributed by atoms with van der Waals surface area (Å²) in [5, 5.41) is 9.82. The van der Waals surface area contributed by atoms with Crippen LogP contribution in [0.1, 0.15) is 39.7 Å². The van der Waals surface area contributed by atoms with Crippen LogP contribution in [0, 0.1) is 0 Å². The molecule has 0 radical (unpaired) electrons. The van der Waals surface area contributed by atoms with Gasteiger partial charge in [-0.05, 0) is 57.3 Å². The first-order valence-corrected chi connectivity index (χ1v) is 10.4. The van der Waals surface area contributed by atoms with Gasteiger partial charge in [-0.3, -0.25) is 4.31 Å². The smallest absolute Gasteiger partial charge is 0.400 e. The monoisotopic (exact) mass is 379 g/mol. The molecule has 0 unspecified atom stereocenters. The second-order valence-corrected chi connectivity index (χ2v) is 9.82.